The third kappa shape index (κ3) is 1.95. The van der Waals surface area contributed by atoms with Crippen molar-refractivity contribution in [2.75, 3.05) is 0 Å². The Labute approximate surface area is 119 Å². The molecule has 0 atom stereocenters. The molecule has 1 aromatic carbocycles. The summed E-state index contributed by atoms with van der Waals surface area (Å²) in [5, 5.41) is 0. The Morgan fingerprint density at radius 3 is 2.89 bits per heavy atom. The van der Waals surface area contributed by atoms with Gasteiger partial charge in [-0.15, -0.1) is 11.3 Å². The van der Waals surface area contributed by atoms with Crippen LogP contribution in [0.2, 0.25) is 0 Å². The first-order valence-corrected chi connectivity index (χ1v) is 6.97. The van der Waals surface area contributed by atoms with Crippen LogP contribution in [0.1, 0.15) is 0 Å². The fourth-order valence-corrected chi connectivity index (χ4v) is 3.69. The van der Waals surface area contributed by atoms with E-state index in [0.29, 0.717) is 10.2 Å². The molecule has 18 heavy (non-hydrogen) atoms. The molecule has 0 radical (unpaired) electrons. The molecule has 2 aromatic heterocycles. The molecule has 90 valence electrons. The standard InChI is InChI=1S/C12H6FIN2OS/c13-6-1-2-7(8(14)3-6)10-4-9-11(18-10)12(17)16-5-15-9/h1-5H,(H,15,16,17). The highest BCUT2D eigenvalue weighted by Gasteiger charge is 2.10. The SMILES string of the molecule is O=c1[nH]cnc2cc(-c3ccc(F)cc3I)sc12. The van der Waals surface area contributed by atoms with E-state index in [-0.39, 0.29) is 11.4 Å². The van der Waals surface area contributed by atoms with Crippen molar-refractivity contribution in [2.45, 2.75) is 0 Å². The normalized spacial score (nSPS) is 11.0. The molecule has 0 fully saturated rings. The summed E-state index contributed by atoms with van der Waals surface area (Å²) in [6.07, 6.45) is 1.39. The van der Waals surface area contributed by atoms with Gasteiger partial charge in [-0.05, 0) is 46.9 Å². The van der Waals surface area contributed by atoms with Crippen molar-refractivity contribution in [1.29, 1.82) is 0 Å². The average molecular weight is 372 g/mol. The van der Waals surface area contributed by atoms with Crippen LogP contribution in [0, 0.1) is 9.39 Å². The molecule has 0 spiro atoms. The second-order valence-electron chi connectivity index (χ2n) is 3.68. The van der Waals surface area contributed by atoms with E-state index < -0.39 is 0 Å². The average Bonchev–Trinajstić information content (AvgIpc) is 2.74. The maximum absolute atomic E-state index is 13.1. The molecule has 0 unspecified atom stereocenters. The first-order valence-electron chi connectivity index (χ1n) is 5.08. The van der Waals surface area contributed by atoms with Gasteiger partial charge in [0.05, 0.1) is 11.8 Å². The van der Waals surface area contributed by atoms with Crippen molar-refractivity contribution in [3.8, 4) is 10.4 Å². The molecule has 3 rings (SSSR count). The molecule has 3 aromatic rings. The number of nitrogens with zero attached hydrogens (tertiary/aromatic N) is 1. The summed E-state index contributed by atoms with van der Waals surface area (Å²) in [6, 6.07) is 6.46. The van der Waals surface area contributed by atoms with Crippen LogP contribution < -0.4 is 5.56 Å². The molecule has 0 amide bonds. The van der Waals surface area contributed by atoms with Gasteiger partial charge in [0, 0.05) is 14.0 Å². The zero-order chi connectivity index (χ0) is 12.7. The molecule has 2 heterocycles. The second-order valence-corrected chi connectivity index (χ2v) is 5.90. The van der Waals surface area contributed by atoms with Gasteiger partial charge in [-0.25, -0.2) is 9.37 Å². The summed E-state index contributed by atoms with van der Waals surface area (Å²) in [5.74, 6) is -0.264. The van der Waals surface area contributed by atoms with Gasteiger partial charge in [0.25, 0.3) is 5.56 Å². The van der Waals surface area contributed by atoms with Gasteiger partial charge in [-0.2, -0.15) is 0 Å². The summed E-state index contributed by atoms with van der Waals surface area (Å²) < 4.78 is 14.5. The minimum absolute atomic E-state index is 0.145. The number of nitrogens with one attached hydrogen (secondary N) is 1. The second kappa shape index (κ2) is 4.43. The highest BCUT2D eigenvalue weighted by molar-refractivity contribution is 14.1. The van der Waals surface area contributed by atoms with Crippen molar-refractivity contribution in [2.24, 2.45) is 0 Å². The maximum atomic E-state index is 13.1. The first kappa shape index (κ1) is 11.8. The monoisotopic (exact) mass is 372 g/mol. The number of H-pyrrole nitrogens is 1. The predicted octanol–water partition coefficient (Wildman–Crippen LogP) is 3.40. The Bertz CT molecular complexity index is 796. The summed E-state index contributed by atoms with van der Waals surface area (Å²) in [4.78, 5) is 19.2. The topological polar surface area (TPSA) is 45.8 Å². The summed E-state index contributed by atoms with van der Waals surface area (Å²) in [6.45, 7) is 0. The molecule has 0 aliphatic rings. The van der Waals surface area contributed by atoms with Crippen LogP contribution in [0.4, 0.5) is 4.39 Å². The Balaban J connectivity index is 2.26. The third-order valence-corrected chi connectivity index (χ3v) is 4.56. The quantitative estimate of drug-likeness (QED) is 0.666. The van der Waals surface area contributed by atoms with E-state index in [0.717, 1.165) is 14.0 Å². The van der Waals surface area contributed by atoms with Crippen LogP contribution in [0.5, 0.6) is 0 Å². The zero-order valence-electron chi connectivity index (χ0n) is 8.91. The minimum Gasteiger partial charge on any atom is -0.312 e. The maximum Gasteiger partial charge on any atom is 0.268 e. The lowest BCUT2D eigenvalue weighted by atomic mass is 10.2. The minimum atomic E-state index is -0.264. The highest BCUT2D eigenvalue weighted by atomic mass is 127. The predicted molar refractivity (Wildman–Crippen MR) is 78.4 cm³/mol. The Kier molecular flexibility index (Phi) is 2.90. The van der Waals surface area contributed by atoms with Gasteiger partial charge < -0.3 is 4.98 Å². The molecule has 0 saturated heterocycles. The molecule has 0 bridgehead atoms. The number of benzene rings is 1. The van der Waals surface area contributed by atoms with Gasteiger partial charge in [0.2, 0.25) is 0 Å². The molecule has 6 heteroatoms. The van der Waals surface area contributed by atoms with Crippen LogP contribution in [-0.4, -0.2) is 9.97 Å². The number of aromatic nitrogens is 2. The van der Waals surface area contributed by atoms with Gasteiger partial charge in [0.1, 0.15) is 10.5 Å². The lowest BCUT2D eigenvalue weighted by molar-refractivity contribution is 0.627. The van der Waals surface area contributed by atoms with Crippen LogP contribution in [-0.2, 0) is 0 Å². The number of fused-ring (bicyclic) bond motifs is 1. The fourth-order valence-electron chi connectivity index (χ4n) is 1.69. The van der Waals surface area contributed by atoms with Gasteiger partial charge in [-0.3, -0.25) is 4.79 Å². The lowest BCUT2D eigenvalue weighted by Crippen LogP contribution is -2.02. The Morgan fingerprint density at radius 2 is 2.17 bits per heavy atom. The van der Waals surface area contributed by atoms with Crippen LogP contribution >= 0.6 is 33.9 Å². The van der Waals surface area contributed by atoms with Gasteiger partial charge in [-0.1, -0.05) is 0 Å². The largest absolute Gasteiger partial charge is 0.312 e. The smallest absolute Gasteiger partial charge is 0.268 e. The number of halogens is 2. The first-order chi connectivity index (χ1) is 8.65. The van der Waals surface area contributed by atoms with Crippen LogP contribution in [0.3, 0.4) is 0 Å². The highest BCUT2D eigenvalue weighted by Crippen LogP contribution is 2.33. The molecule has 3 nitrogen and oxygen atoms in total. The Morgan fingerprint density at radius 1 is 1.33 bits per heavy atom. The third-order valence-electron chi connectivity index (χ3n) is 2.51. The van der Waals surface area contributed by atoms with Crippen molar-refractivity contribution in [3.05, 3.63) is 50.3 Å². The molecule has 0 saturated carbocycles. The summed E-state index contributed by atoms with van der Waals surface area (Å²) in [7, 11) is 0. The molecule has 1 N–H and O–H groups in total. The number of aromatic amines is 1. The number of hydrogen-bond acceptors (Lipinski definition) is 3. The van der Waals surface area contributed by atoms with E-state index >= 15 is 0 Å². The molecule has 0 aliphatic heterocycles. The fraction of sp³-hybridized carbons (Fsp3) is 0. The van der Waals surface area contributed by atoms with Gasteiger partial charge in [0.15, 0.2) is 0 Å². The van der Waals surface area contributed by atoms with E-state index in [1.807, 2.05) is 6.07 Å². The molecule has 0 aliphatic carbocycles. The lowest BCUT2D eigenvalue weighted by Gasteiger charge is -2.00. The van der Waals surface area contributed by atoms with E-state index in [1.54, 1.807) is 6.07 Å². The van der Waals surface area contributed by atoms with Crippen LogP contribution in [0.15, 0.2) is 35.4 Å². The van der Waals surface area contributed by atoms with E-state index in [9.17, 15) is 9.18 Å². The zero-order valence-corrected chi connectivity index (χ0v) is 11.9. The van der Waals surface area contributed by atoms with E-state index in [4.69, 9.17) is 0 Å². The Hall–Kier alpha value is -1.28. The van der Waals surface area contributed by atoms with E-state index in [2.05, 4.69) is 32.6 Å². The van der Waals surface area contributed by atoms with Crippen molar-refractivity contribution in [3.63, 3.8) is 0 Å². The summed E-state index contributed by atoms with van der Waals surface area (Å²) in [5.41, 5.74) is 1.44. The van der Waals surface area contributed by atoms with Crippen molar-refractivity contribution in [1.82, 2.24) is 9.97 Å². The number of hydrogen-bond donors (Lipinski definition) is 1. The van der Waals surface area contributed by atoms with Gasteiger partial charge >= 0.3 is 0 Å². The van der Waals surface area contributed by atoms with Crippen molar-refractivity contribution < 1.29 is 4.39 Å². The van der Waals surface area contributed by atoms with E-state index in [1.165, 1.54) is 29.8 Å². The van der Waals surface area contributed by atoms with Crippen molar-refractivity contribution >= 4 is 44.1 Å². The molecular formula is C12H6FIN2OS. The number of rotatable bonds is 1. The van der Waals surface area contributed by atoms with Crippen LogP contribution in [0.25, 0.3) is 20.7 Å². The number of thiophene rings is 1. The molecular weight excluding hydrogens is 366 g/mol. The summed E-state index contributed by atoms with van der Waals surface area (Å²) >= 11 is 3.45.